The monoisotopic (exact) mass is 531 g/mol. The van der Waals surface area contributed by atoms with Crippen LogP contribution in [-0.2, 0) is 35.2 Å². The molecule has 0 saturated carbocycles. The summed E-state index contributed by atoms with van der Waals surface area (Å²) in [4.78, 5) is 31.2. The van der Waals surface area contributed by atoms with Crippen LogP contribution in [-0.4, -0.2) is 29.7 Å². The number of nitrogens with one attached hydrogen (secondary N) is 1. The van der Waals surface area contributed by atoms with Gasteiger partial charge >= 0.3 is 5.97 Å². The fourth-order valence-corrected chi connectivity index (χ4v) is 7.46. The SMILES string of the molecule is COC(=O)c1c(NC(=O)CCSc2nc3c(cc2C#N)CC(c2ccccc2)CC3)sc2c1CCCC2. The van der Waals surface area contributed by atoms with Crippen LogP contribution in [0.5, 0.6) is 0 Å². The Morgan fingerprint density at radius 3 is 2.81 bits per heavy atom. The molecule has 1 unspecified atom stereocenters. The Kier molecular flexibility index (Phi) is 7.92. The number of nitriles is 1. The highest BCUT2D eigenvalue weighted by Gasteiger charge is 2.27. The number of hydrogen-bond acceptors (Lipinski definition) is 7. The second-order valence-corrected chi connectivity index (χ2v) is 11.7. The molecule has 0 radical (unpaired) electrons. The van der Waals surface area contributed by atoms with E-state index in [1.54, 1.807) is 0 Å². The van der Waals surface area contributed by atoms with Gasteiger partial charge in [-0.1, -0.05) is 30.3 Å². The number of thiophene rings is 1. The number of thioether (sulfide) groups is 1. The summed E-state index contributed by atoms with van der Waals surface area (Å²) < 4.78 is 5.00. The van der Waals surface area contributed by atoms with Crippen LogP contribution >= 0.6 is 23.1 Å². The van der Waals surface area contributed by atoms with Gasteiger partial charge in [-0.3, -0.25) is 4.79 Å². The molecule has 1 aromatic carbocycles. The first-order chi connectivity index (χ1) is 18.1. The van der Waals surface area contributed by atoms with Crippen molar-refractivity contribution in [3.8, 4) is 6.07 Å². The van der Waals surface area contributed by atoms with Crippen LogP contribution < -0.4 is 5.32 Å². The van der Waals surface area contributed by atoms with E-state index in [9.17, 15) is 14.9 Å². The van der Waals surface area contributed by atoms with Gasteiger partial charge in [0.2, 0.25) is 5.91 Å². The van der Waals surface area contributed by atoms with Crippen molar-refractivity contribution in [1.29, 1.82) is 5.26 Å². The van der Waals surface area contributed by atoms with Crippen LogP contribution in [0.2, 0.25) is 0 Å². The molecule has 8 heteroatoms. The number of aryl methyl sites for hydroxylation is 2. The number of nitrogens with zero attached hydrogens (tertiary/aromatic N) is 2. The lowest BCUT2D eigenvalue weighted by atomic mass is 9.82. The van der Waals surface area contributed by atoms with Gasteiger partial charge in [0.1, 0.15) is 16.1 Å². The molecular formula is C29H29N3O3S2. The molecule has 2 heterocycles. The summed E-state index contributed by atoms with van der Waals surface area (Å²) in [5, 5.41) is 14.0. The van der Waals surface area contributed by atoms with Crippen LogP contribution in [0.25, 0.3) is 0 Å². The Bertz CT molecular complexity index is 1360. The van der Waals surface area contributed by atoms with E-state index in [2.05, 4.69) is 35.7 Å². The lowest BCUT2D eigenvalue weighted by Gasteiger charge is -2.25. The van der Waals surface area contributed by atoms with E-state index in [-0.39, 0.29) is 12.3 Å². The Morgan fingerprint density at radius 1 is 1.22 bits per heavy atom. The number of amides is 1. The van der Waals surface area contributed by atoms with Gasteiger partial charge in [0.05, 0.1) is 18.2 Å². The molecule has 0 spiro atoms. The molecule has 2 aromatic heterocycles. The average Bonchev–Trinajstić information content (AvgIpc) is 3.30. The number of rotatable bonds is 7. The Labute approximate surface area is 225 Å². The number of ether oxygens (including phenoxy) is 1. The van der Waals surface area contributed by atoms with Gasteiger partial charge < -0.3 is 10.1 Å². The van der Waals surface area contributed by atoms with E-state index in [0.29, 0.717) is 32.8 Å². The lowest BCUT2D eigenvalue weighted by molar-refractivity contribution is -0.115. The van der Waals surface area contributed by atoms with Gasteiger partial charge in [0.15, 0.2) is 0 Å². The van der Waals surface area contributed by atoms with Crippen LogP contribution in [0.1, 0.15) is 74.8 Å². The van der Waals surface area contributed by atoms with E-state index in [0.717, 1.165) is 61.8 Å². The molecule has 0 bridgehead atoms. The minimum absolute atomic E-state index is 0.154. The fourth-order valence-electron chi connectivity index (χ4n) is 5.25. The second kappa shape index (κ2) is 11.5. The predicted octanol–water partition coefficient (Wildman–Crippen LogP) is 6.07. The van der Waals surface area contributed by atoms with Crippen molar-refractivity contribution in [2.45, 2.75) is 62.3 Å². The van der Waals surface area contributed by atoms with E-state index in [1.165, 1.54) is 40.6 Å². The summed E-state index contributed by atoms with van der Waals surface area (Å²) >= 11 is 2.93. The molecule has 2 aliphatic carbocycles. The zero-order chi connectivity index (χ0) is 25.8. The topological polar surface area (TPSA) is 92.1 Å². The maximum Gasteiger partial charge on any atom is 0.341 e. The molecule has 0 saturated heterocycles. The molecule has 6 nitrogen and oxygen atoms in total. The molecule has 2 aliphatic rings. The highest BCUT2D eigenvalue weighted by Crippen LogP contribution is 2.39. The Balaban J connectivity index is 1.23. The van der Waals surface area contributed by atoms with Crippen molar-refractivity contribution in [3.05, 3.63) is 74.8 Å². The van der Waals surface area contributed by atoms with E-state index in [4.69, 9.17) is 9.72 Å². The van der Waals surface area contributed by atoms with Crippen LogP contribution in [0.15, 0.2) is 41.4 Å². The number of pyridine rings is 1. The quantitative estimate of drug-likeness (QED) is 0.294. The average molecular weight is 532 g/mol. The normalized spacial score (nSPS) is 16.3. The molecule has 0 aliphatic heterocycles. The number of hydrogen-bond donors (Lipinski definition) is 1. The van der Waals surface area contributed by atoms with E-state index in [1.807, 2.05) is 12.1 Å². The number of carbonyl (C=O) groups excluding carboxylic acids is 2. The Hall–Kier alpha value is -3.15. The van der Waals surface area contributed by atoms with Crippen molar-refractivity contribution < 1.29 is 14.3 Å². The van der Waals surface area contributed by atoms with Crippen LogP contribution in [0, 0.1) is 11.3 Å². The first kappa shape index (κ1) is 25.5. The van der Waals surface area contributed by atoms with Crippen molar-refractivity contribution in [2.24, 2.45) is 0 Å². The van der Waals surface area contributed by atoms with E-state index >= 15 is 0 Å². The van der Waals surface area contributed by atoms with Gasteiger partial charge in [-0.25, -0.2) is 9.78 Å². The van der Waals surface area contributed by atoms with Crippen molar-refractivity contribution in [3.63, 3.8) is 0 Å². The summed E-state index contributed by atoms with van der Waals surface area (Å²) in [5.74, 6) is 0.397. The summed E-state index contributed by atoms with van der Waals surface area (Å²) in [6, 6.07) is 14.8. The highest BCUT2D eigenvalue weighted by atomic mass is 32.2. The largest absolute Gasteiger partial charge is 0.465 e. The van der Waals surface area contributed by atoms with Gasteiger partial charge in [-0.15, -0.1) is 23.1 Å². The fraction of sp³-hybridized carbons (Fsp3) is 0.379. The number of esters is 1. The molecule has 0 fully saturated rings. The molecular weight excluding hydrogens is 502 g/mol. The third-order valence-corrected chi connectivity index (χ3v) is 9.33. The first-order valence-corrected chi connectivity index (χ1v) is 14.5. The maximum absolute atomic E-state index is 12.8. The summed E-state index contributed by atoms with van der Waals surface area (Å²) in [6.45, 7) is 0. The number of methoxy groups -OCH3 is 1. The summed E-state index contributed by atoms with van der Waals surface area (Å²) in [7, 11) is 1.37. The number of aromatic nitrogens is 1. The van der Waals surface area contributed by atoms with Crippen molar-refractivity contribution >= 4 is 40.0 Å². The van der Waals surface area contributed by atoms with Gasteiger partial charge in [0, 0.05) is 22.7 Å². The predicted molar refractivity (Wildman–Crippen MR) is 146 cm³/mol. The third-order valence-electron chi connectivity index (χ3n) is 7.13. The number of anilines is 1. The molecule has 37 heavy (non-hydrogen) atoms. The molecule has 5 rings (SSSR count). The number of fused-ring (bicyclic) bond motifs is 2. The lowest BCUT2D eigenvalue weighted by Crippen LogP contribution is -2.16. The molecule has 3 aromatic rings. The van der Waals surface area contributed by atoms with Crippen LogP contribution in [0.3, 0.4) is 0 Å². The minimum Gasteiger partial charge on any atom is -0.465 e. The molecule has 1 N–H and O–H groups in total. The number of carbonyl (C=O) groups is 2. The second-order valence-electron chi connectivity index (χ2n) is 9.46. The van der Waals surface area contributed by atoms with Crippen molar-refractivity contribution in [2.75, 3.05) is 18.2 Å². The van der Waals surface area contributed by atoms with Gasteiger partial charge in [0.25, 0.3) is 0 Å². The van der Waals surface area contributed by atoms with Crippen molar-refractivity contribution in [1.82, 2.24) is 4.98 Å². The smallest absolute Gasteiger partial charge is 0.341 e. The van der Waals surface area contributed by atoms with Gasteiger partial charge in [-0.05, 0) is 73.6 Å². The summed E-state index contributed by atoms with van der Waals surface area (Å²) in [5.41, 5.74) is 5.65. The summed E-state index contributed by atoms with van der Waals surface area (Å²) in [6.07, 6.45) is 6.98. The maximum atomic E-state index is 12.8. The minimum atomic E-state index is -0.393. The first-order valence-electron chi connectivity index (χ1n) is 12.7. The molecule has 190 valence electrons. The zero-order valence-corrected chi connectivity index (χ0v) is 22.5. The molecule has 1 amide bonds. The van der Waals surface area contributed by atoms with Gasteiger partial charge in [-0.2, -0.15) is 5.26 Å². The zero-order valence-electron chi connectivity index (χ0n) is 20.8. The number of benzene rings is 1. The van der Waals surface area contributed by atoms with E-state index < -0.39 is 5.97 Å². The third kappa shape index (κ3) is 5.58. The van der Waals surface area contributed by atoms with Crippen LogP contribution in [0.4, 0.5) is 5.00 Å². The molecule has 1 atom stereocenters. The Morgan fingerprint density at radius 2 is 2.03 bits per heavy atom. The standard InChI is InChI=1S/C29H29N3O3S2/c1-35-29(34)26-22-9-5-6-10-24(22)37-28(26)32-25(33)13-14-36-27-21(17-30)16-20-15-19(11-12-23(20)31-27)18-7-3-2-4-8-18/h2-4,7-8,16,19H,5-6,9-15H2,1H3,(H,32,33). The highest BCUT2D eigenvalue weighted by molar-refractivity contribution is 7.99.